The molecule has 0 saturated heterocycles. The van der Waals surface area contributed by atoms with Gasteiger partial charge in [0.1, 0.15) is 5.69 Å². The monoisotopic (exact) mass is 257 g/mol. The Morgan fingerprint density at radius 1 is 1.38 bits per heavy atom. The van der Waals surface area contributed by atoms with Gasteiger partial charge < -0.3 is 9.72 Å². The Balaban J connectivity index is 2.51. The number of H-pyrrole nitrogens is 1. The number of rotatable bonds is 2. The van der Waals surface area contributed by atoms with Gasteiger partial charge >= 0.3 is 5.97 Å². The van der Waals surface area contributed by atoms with Crippen LogP contribution < -0.4 is 0 Å². The SMILES string of the molecule is CCOC(=O)c1cc2cc(Cl)cc(Cl)c2[nH]1. The molecule has 0 saturated carbocycles. The zero-order valence-corrected chi connectivity index (χ0v) is 10.0. The van der Waals surface area contributed by atoms with Gasteiger partial charge in [0.15, 0.2) is 0 Å². The van der Waals surface area contributed by atoms with Crippen LogP contribution in [0.15, 0.2) is 18.2 Å². The van der Waals surface area contributed by atoms with Crippen molar-refractivity contribution in [3.05, 3.63) is 33.9 Å². The summed E-state index contributed by atoms with van der Waals surface area (Å²) in [6.45, 7) is 2.09. The van der Waals surface area contributed by atoms with Crippen LogP contribution in [0, 0.1) is 0 Å². The highest BCUT2D eigenvalue weighted by atomic mass is 35.5. The van der Waals surface area contributed by atoms with Crippen LogP contribution in [0.25, 0.3) is 10.9 Å². The predicted molar refractivity (Wildman–Crippen MR) is 64.3 cm³/mol. The van der Waals surface area contributed by atoms with Crippen LogP contribution in [0.2, 0.25) is 10.0 Å². The topological polar surface area (TPSA) is 42.1 Å². The first-order chi connectivity index (χ1) is 7.61. The molecule has 0 bridgehead atoms. The predicted octanol–water partition coefficient (Wildman–Crippen LogP) is 3.65. The van der Waals surface area contributed by atoms with Crippen LogP contribution >= 0.6 is 23.2 Å². The normalized spacial score (nSPS) is 10.7. The molecule has 0 aliphatic rings. The van der Waals surface area contributed by atoms with E-state index in [0.717, 1.165) is 5.39 Å². The lowest BCUT2D eigenvalue weighted by molar-refractivity contribution is 0.0520. The van der Waals surface area contributed by atoms with Crippen molar-refractivity contribution in [1.29, 1.82) is 0 Å². The lowest BCUT2D eigenvalue weighted by Gasteiger charge is -1.97. The van der Waals surface area contributed by atoms with Gasteiger partial charge in [-0.05, 0) is 25.1 Å². The Bertz CT molecular complexity index is 548. The summed E-state index contributed by atoms with van der Waals surface area (Å²) in [5, 5.41) is 1.81. The van der Waals surface area contributed by atoms with Crippen molar-refractivity contribution in [2.24, 2.45) is 0 Å². The van der Waals surface area contributed by atoms with Crippen LogP contribution in [0.5, 0.6) is 0 Å². The molecule has 0 atom stereocenters. The number of esters is 1. The molecular weight excluding hydrogens is 249 g/mol. The molecular formula is C11H9Cl2NO2. The minimum atomic E-state index is -0.397. The smallest absolute Gasteiger partial charge is 0.354 e. The number of carbonyl (C=O) groups excluding carboxylic acids is 1. The zero-order valence-electron chi connectivity index (χ0n) is 8.51. The lowest BCUT2D eigenvalue weighted by atomic mass is 10.2. The summed E-state index contributed by atoms with van der Waals surface area (Å²) < 4.78 is 4.88. The second-order valence-electron chi connectivity index (χ2n) is 3.26. The standard InChI is InChI=1S/C11H9Cl2NO2/c1-2-16-11(15)9-4-6-3-7(12)5-8(13)10(6)14-9/h3-5,14H,2H2,1H3. The molecule has 0 spiro atoms. The summed E-state index contributed by atoms with van der Waals surface area (Å²) in [5.74, 6) is -0.397. The molecule has 0 aliphatic carbocycles. The average molecular weight is 258 g/mol. The second kappa shape index (κ2) is 4.36. The first-order valence-corrected chi connectivity index (χ1v) is 5.52. The van der Waals surface area contributed by atoms with Crippen molar-refractivity contribution >= 4 is 40.1 Å². The maximum absolute atomic E-state index is 11.5. The number of fused-ring (bicyclic) bond motifs is 1. The fraction of sp³-hybridized carbons (Fsp3) is 0.182. The van der Waals surface area contributed by atoms with Crippen molar-refractivity contribution in [2.75, 3.05) is 6.61 Å². The third kappa shape index (κ3) is 2.01. The van der Waals surface area contributed by atoms with Crippen molar-refractivity contribution < 1.29 is 9.53 Å². The van der Waals surface area contributed by atoms with E-state index < -0.39 is 5.97 Å². The lowest BCUT2D eigenvalue weighted by Crippen LogP contribution is -2.04. The molecule has 2 rings (SSSR count). The molecule has 0 fully saturated rings. The van der Waals surface area contributed by atoms with Gasteiger partial charge in [0.05, 0.1) is 17.1 Å². The Morgan fingerprint density at radius 2 is 2.12 bits per heavy atom. The van der Waals surface area contributed by atoms with E-state index in [-0.39, 0.29) is 0 Å². The maximum atomic E-state index is 11.5. The van der Waals surface area contributed by atoms with Crippen LogP contribution in [0.1, 0.15) is 17.4 Å². The highest BCUT2D eigenvalue weighted by molar-refractivity contribution is 6.38. The molecule has 0 unspecified atom stereocenters. The molecule has 3 nitrogen and oxygen atoms in total. The number of nitrogens with one attached hydrogen (secondary N) is 1. The van der Waals surface area contributed by atoms with E-state index in [1.54, 1.807) is 25.1 Å². The van der Waals surface area contributed by atoms with Gasteiger partial charge in [-0.2, -0.15) is 0 Å². The minimum Gasteiger partial charge on any atom is -0.461 e. The maximum Gasteiger partial charge on any atom is 0.354 e. The summed E-state index contributed by atoms with van der Waals surface area (Å²) in [6.07, 6.45) is 0. The van der Waals surface area contributed by atoms with E-state index in [2.05, 4.69) is 4.98 Å². The summed E-state index contributed by atoms with van der Waals surface area (Å²) in [5.41, 5.74) is 1.06. The van der Waals surface area contributed by atoms with E-state index in [0.29, 0.717) is 27.9 Å². The molecule has 16 heavy (non-hydrogen) atoms. The van der Waals surface area contributed by atoms with E-state index in [9.17, 15) is 4.79 Å². The van der Waals surface area contributed by atoms with Gasteiger partial charge in [-0.15, -0.1) is 0 Å². The summed E-state index contributed by atoms with van der Waals surface area (Å²) in [7, 11) is 0. The van der Waals surface area contributed by atoms with Gasteiger partial charge in [-0.25, -0.2) is 4.79 Å². The molecule has 0 amide bonds. The Morgan fingerprint density at radius 3 is 2.81 bits per heavy atom. The molecule has 84 valence electrons. The van der Waals surface area contributed by atoms with Crippen LogP contribution in [-0.2, 0) is 4.74 Å². The highest BCUT2D eigenvalue weighted by Gasteiger charge is 2.12. The number of hydrogen-bond donors (Lipinski definition) is 1. The Hall–Kier alpha value is -1.19. The first-order valence-electron chi connectivity index (χ1n) is 4.76. The van der Waals surface area contributed by atoms with Gasteiger partial charge in [-0.1, -0.05) is 23.2 Å². The molecule has 1 aromatic carbocycles. The Kier molecular flexibility index (Phi) is 3.08. The largest absolute Gasteiger partial charge is 0.461 e. The molecule has 0 aliphatic heterocycles. The number of halogens is 2. The van der Waals surface area contributed by atoms with Gasteiger partial charge in [-0.3, -0.25) is 0 Å². The van der Waals surface area contributed by atoms with Gasteiger partial charge in [0.2, 0.25) is 0 Å². The van der Waals surface area contributed by atoms with Gasteiger partial charge in [0, 0.05) is 10.4 Å². The molecule has 1 N–H and O–H groups in total. The molecule has 1 aromatic heterocycles. The second-order valence-corrected chi connectivity index (χ2v) is 4.10. The average Bonchev–Trinajstić information content (AvgIpc) is 2.62. The van der Waals surface area contributed by atoms with E-state index >= 15 is 0 Å². The fourth-order valence-corrected chi connectivity index (χ4v) is 2.04. The van der Waals surface area contributed by atoms with E-state index in [4.69, 9.17) is 27.9 Å². The minimum absolute atomic E-state index is 0.336. The van der Waals surface area contributed by atoms with Crippen molar-refractivity contribution in [1.82, 2.24) is 4.98 Å². The van der Waals surface area contributed by atoms with Crippen LogP contribution in [0.3, 0.4) is 0 Å². The molecule has 5 heteroatoms. The van der Waals surface area contributed by atoms with E-state index in [1.165, 1.54) is 0 Å². The Labute approximate surface area is 102 Å². The fourth-order valence-electron chi connectivity index (χ4n) is 1.48. The highest BCUT2D eigenvalue weighted by Crippen LogP contribution is 2.28. The van der Waals surface area contributed by atoms with E-state index in [1.807, 2.05) is 0 Å². The van der Waals surface area contributed by atoms with Crippen molar-refractivity contribution in [3.63, 3.8) is 0 Å². The van der Waals surface area contributed by atoms with Crippen LogP contribution in [-0.4, -0.2) is 17.6 Å². The van der Waals surface area contributed by atoms with Crippen LogP contribution in [0.4, 0.5) is 0 Å². The molecule has 2 aromatic rings. The number of aromatic amines is 1. The number of ether oxygens (including phenoxy) is 1. The number of hydrogen-bond acceptors (Lipinski definition) is 2. The summed E-state index contributed by atoms with van der Waals surface area (Å²) in [4.78, 5) is 14.4. The first kappa shape index (κ1) is 11.3. The number of aromatic nitrogens is 1. The number of carbonyl (C=O) groups is 1. The summed E-state index contributed by atoms with van der Waals surface area (Å²) >= 11 is 11.8. The quantitative estimate of drug-likeness (QED) is 0.835. The van der Waals surface area contributed by atoms with Crippen molar-refractivity contribution in [3.8, 4) is 0 Å². The third-order valence-electron chi connectivity index (χ3n) is 2.14. The molecule has 1 heterocycles. The van der Waals surface area contributed by atoms with Crippen molar-refractivity contribution in [2.45, 2.75) is 6.92 Å². The summed E-state index contributed by atoms with van der Waals surface area (Å²) in [6, 6.07) is 5.03. The third-order valence-corrected chi connectivity index (χ3v) is 2.66. The number of benzene rings is 1. The molecule has 0 radical (unpaired) electrons. The zero-order chi connectivity index (χ0) is 11.7. The van der Waals surface area contributed by atoms with Gasteiger partial charge in [0.25, 0.3) is 0 Å².